The molecule has 0 aliphatic heterocycles. The maximum atomic E-state index is 13.4. The van der Waals surface area contributed by atoms with Gasteiger partial charge in [-0.2, -0.15) is 4.31 Å². The Kier molecular flexibility index (Phi) is 7.10. The van der Waals surface area contributed by atoms with Crippen LogP contribution in [0.1, 0.15) is 21.9 Å². The van der Waals surface area contributed by atoms with Crippen molar-refractivity contribution >= 4 is 50.8 Å². The minimum absolute atomic E-state index is 0.0304. The Morgan fingerprint density at radius 3 is 2.37 bits per heavy atom. The Bertz CT molecular complexity index is 1180. The molecule has 0 saturated carbocycles. The molecule has 3 rings (SSSR count). The van der Waals surface area contributed by atoms with E-state index < -0.39 is 16.0 Å². The molecule has 1 heterocycles. The van der Waals surface area contributed by atoms with Gasteiger partial charge in [0.05, 0.1) is 28.6 Å². The van der Waals surface area contributed by atoms with Crippen molar-refractivity contribution in [2.75, 3.05) is 7.11 Å². The number of hydrogen-bond donors (Lipinski definition) is 0. The van der Waals surface area contributed by atoms with Crippen LogP contribution in [0.5, 0.6) is 0 Å². The smallest absolute Gasteiger partial charge is 0.373 e. The van der Waals surface area contributed by atoms with Crippen LogP contribution in [0.15, 0.2) is 63.9 Å². The van der Waals surface area contributed by atoms with Gasteiger partial charge in [0.1, 0.15) is 5.76 Å². The molecule has 3 aromatic rings. The van der Waals surface area contributed by atoms with Gasteiger partial charge < -0.3 is 9.15 Å². The highest BCUT2D eigenvalue weighted by molar-refractivity contribution is 7.89. The molecule has 0 fully saturated rings. The van der Waals surface area contributed by atoms with E-state index in [4.69, 9.17) is 39.2 Å². The van der Waals surface area contributed by atoms with E-state index in [1.807, 2.05) is 0 Å². The number of ether oxygens (including phenoxy) is 1. The molecule has 0 saturated heterocycles. The molecular formula is C20H16Cl3NO5S. The van der Waals surface area contributed by atoms with Crippen molar-refractivity contribution in [3.8, 4) is 0 Å². The van der Waals surface area contributed by atoms with Crippen molar-refractivity contribution in [1.82, 2.24) is 4.31 Å². The van der Waals surface area contributed by atoms with Gasteiger partial charge in [0.15, 0.2) is 0 Å². The number of sulfonamides is 1. The summed E-state index contributed by atoms with van der Waals surface area (Å²) in [4.78, 5) is 11.6. The van der Waals surface area contributed by atoms with E-state index in [0.717, 1.165) is 0 Å². The van der Waals surface area contributed by atoms with Crippen molar-refractivity contribution < 1.29 is 22.4 Å². The Labute approximate surface area is 189 Å². The molecule has 1 aromatic heterocycles. The van der Waals surface area contributed by atoms with E-state index in [1.165, 1.54) is 41.7 Å². The van der Waals surface area contributed by atoms with Crippen LogP contribution in [0.2, 0.25) is 15.1 Å². The van der Waals surface area contributed by atoms with Gasteiger partial charge in [-0.3, -0.25) is 0 Å². The normalized spacial score (nSPS) is 11.6. The summed E-state index contributed by atoms with van der Waals surface area (Å²) >= 11 is 18.2. The predicted molar refractivity (Wildman–Crippen MR) is 114 cm³/mol. The van der Waals surface area contributed by atoms with Crippen molar-refractivity contribution in [2.24, 2.45) is 0 Å². The molecule has 2 aromatic carbocycles. The minimum atomic E-state index is -4.01. The lowest BCUT2D eigenvalue weighted by atomic mass is 10.2. The molecule has 6 nitrogen and oxygen atoms in total. The zero-order chi connectivity index (χ0) is 21.9. The summed E-state index contributed by atoms with van der Waals surface area (Å²) in [5.74, 6) is -0.436. The van der Waals surface area contributed by atoms with Crippen LogP contribution in [-0.2, 0) is 27.8 Å². The number of hydrogen-bond acceptors (Lipinski definition) is 5. The quantitative estimate of drug-likeness (QED) is 0.415. The first-order valence-electron chi connectivity index (χ1n) is 8.58. The maximum Gasteiger partial charge on any atom is 0.373 e. The van der Waals surface area contributed by atoms with Gasteiger partial charge in [0.2, 0.25) is 15.8 Å². The third-order valence-corrected chi connectivity index (χ3v) is 7.11. The standard InChI is InChI=1S/C20H16Cl3NO5S/c1-28-20(25)19-9-6-14(29-19)12-24(11-13-4-2-3-5-16(13)21)30(26,27)15-7-8-17(22)18(23)10-15/h2-10H,11-12H2,1H3. The molecule has 0 aliphatic carbocycles. The van der Waals surface area contributed by atoms with E-state index in [0.29, 0.717) is 10.6 Å². The first kappa shape index (κ1) is 22.7. The lowest BCUT2D eigenvalue weighted by Gasteiger charge is -2.22. The summed E-state index contributed by atoms with van der Waals surface area (Å²) in [6.45, 7) is -0.179. The Hall–Kier alpha value is -2.03. The molecule has 0 atom stereocenters. The lowest BCUT2D eigenvalue weighted by Crippen LogP contribution is -2.30. The first-order valence-corrected chi connectivity index (χ1v) is 11.2. The number of methoxy groups -OCH3 is 1. The maximum absolute atomic E-state index is 13.4. The Morgan fingerprint density at radius 2 is 1.70 bits per heavy atom. The van der Waals surface area contributed by atoms with Crippen LogP contribution < -0.4 is 0 Å². The van der Waals surface area contributed by atoms with Crippen LogP contribution in [0.4, 0.5) is 0 Å². The molecule has 0 amide bonds. The molecule has 30 heavy (non-hydrogen) atoms. The van der Waals surface area contributed by atoms with Crippen LogP contribution >= 0.6 is 34.8 Å². The second-order valence-electron chi connectivity index (χ2n) is 6.20. The number of rotatable bonds is 7. The number of nitrogens with zero attached hydrogens (tertiary/aromatic N) is 1. The van der Waals surface area contributed by atoms with Gasteiger partial charge in [-0.25, -0.2) is 13.2 Å². The van der Waals surface area contributed by atoms with Gasteiger partial charge >= 0.3 is 5.97 Å². The fraction of sp³-hybridized carbons (Fsp3) is 0.150. The predicted octanol–water partition coefficient (Wildman–Crippen LogP) is 5.42. The fourth-order valence-electron chi connectivity index (χ4n) is 2.68. The van der Waals surface area contributed by atoms with E-state index in [2.05, 4.69) is 4.74 Å². The highest BCUT2D eigenvalue weighted by atomic mass is 35.5. The van der Waals surface area contributed by atoms with Crippen LogP contribution in [0.25, 0.3) is 0 Å². The van der Waals surface area contributed by atoms with Gasteiger partial charge in [-0.05, 0) is 42.0 Å². The number of benzene rings is 2. The third kappa shape index (κ3) is 4.99. The summed E-state index contributed by atoms with van der Waals surface area (Å²) in [5.41, 5.74) is 0.600. The monoisotopic (exact) mass is 487 g/mol. The highest BCUT2D eigenvalue weighted by Gasteiger charge is 2.28. The summed E-state index contributed by atoms with van der Waals surface area (Å²) in [6.07, 6.45) is 0. The highest BCUT2D eigenvalue weighted by Crippen LogP contribution is 2.29. The molecule has 0 N–H and O–H groups in total. The van der Waals surface area contributed by atoms with E-state index in [1.54, 1.807) is 24.3 Å². The van der Waals surface area contributed by atoms with Gasteiger partial charge in [0.25, 0.3) is 0 Å². The Balaban J connectivity index is 2.00. The number of carbonyl (C=O) groups is 1. The lowest BCUT2D eigenvalue weighted by molar-refractivity contribution is 0.0562. The SMILES string of the molecule is COC(=O)c1ccc(CN(Cc2ccccc2Cl)S(=O)(=O)c2ccc(Cl)c(Cl)c2)o1. The average molecular weight is 489 g/mol. The molecule has 158 valence electrons. The molecule has 0 spiro atoms. The molecule has 10 heteroatoms. The molecular weight excluding hydrogens is 473 g/mol. The molecule has 0 aliphatic rings. The van der Waals surface area contributed by atoms with Gasteiger partial charge in [-0.1, -0.05) is 53.0 Å². The van der Waals surface area contributed by atoms with Gasteiger partial charge in [-0.15, -0.1) is 0 Å². The zero-order valence-electron chi connectivity index (χ0n) is 15.6. The molecule has 0 unspecified atom stereocenters. The summed E-state index contributed by atoms with van der Waals surface area (Å²) in [7, 11) is -2.79. The minimum Gasteiger partial charge on any atom is -0.463 e. The van der Waals surface area contributed by atoms with E-state index in [9.17, 15) is 13.2 Å². The van der Waals surface area contributed by atoms with Crippen LogP contribution in [0.3, 0.4) is 0 Å². The van der Waals surface area contributed by atoms with Crippen molar-refractivity contribution in [2.45, 2.75) is 18.0 Å². The second kappa shape index (κ2) is 9.41. The molecule has 0 bridgehead atoms. The number of esters is 1. The summed E-state index contributed by atoms with van der Waals surface area (Å²) in [6, 6.07) is 13.9. The van der Waals surface area contributed by atoms with Crippen LogP contribution in [0, 0.1) is 0 Å². The van der Waals surface area contributed by atoms with Crippen LogP contribution in [-0.4, -0.2) is 25.8 Å². The average Bonchev–Trinajstić information content (AvgIpc) is 3.19. The topological polar surface area (TPSA) is 76.8 Å². The van der Waals surface area contributed by atoms with Crippen molar-refractivity contribution in [1.29, 1.82) is 0 Å². The fourth-order valence-corrected chi connectivity index (χ4v) is 4.65. The first-order chi connectivity index (χ1) is 14.2. The molecule has 0 radical (unpaired) electrons. The largest absolute Gasteiger partial charge is 0.463 e. The number of furan rings is 1. The third-order valence-electron chi connectivity index (χ3n) is 4.21. The summed E-state index contributed by atoms with van der Waals surface area (Å²) < 4.78 is 38.0. The number of carbonyl (C=O) groups excluding carboxylic acids is 1. The zero-order valence-corrected chi connectivity index (χ0v) is 18.7. The van der Waals surface area contributed by atoms with Gasteiger partial charge in [0, 0.05) is 11.6 Å². The van der Waals surface area contributed by atoms with Crippen molar-refractivity contribution in [3.05, 3.63) is 86.7 Å². The van der Waals surface area contributed by atoms with Crippen molar-refractivity contribution in [3.63, 3.8) is 0 Å². The Morgan fingerprint density at radius 1 is 0.967 bits per heavy atom. The van der Waals surface area contributed by atoms with E-state index in [-0.39, 0.29) is 39.6 Å². The number of halogens is 3. The van der Waals surface area contributed by atoms with E-state index >= 15 is 0 Å². The second-order valence-corrected chi connectivity index (χ2v) is 9.36. The summed E-state index contributed by atoms with van der Waals surface area (Å²) in [5, 5.41) is 0.768.